The number of hydrogen-bond acceptors (Lipinski definition) is 7. The van der Waals surface area contributed by atoms with Crippen LogP contribution in [0.25, 0.3) is 0 Å². The molecule has 0 heterocycles. The number of rotatable bonds is 9. The third-order valence-electron chi connectivity index (χ3n) is 4.06. The zero-order valence-electron chi connectivity index (χ0n) is 17.0. The van der Waals surface area contributed by atoms with Gasteiger partial charge in [0.2, 0.25) is 5.75 Å². The zero-order chi connectivity index (χ0) is 21.9. The van der Waals surface area contributed by atoms with Crippen LogP contribution in [0.1, 0.15) is 22.3 Å². The Balaban J connectivity index is 1.78. The Labute approximate surface area is 174 Å². The van der Waals surface area contributed by atoms with Crippen molar-refractivity contribution in [3.05, 3.63) is 53.6 Å². The minimum absolute atomic E-state index is 0.0439. The summed E-state index contributed by atoms with van der Waals surface area (Å²) in [6, 6.07) is 11.8. The van der Waals surface area contributed by atoms with Crippen LogP contribution in [0.5, 0.6) is 17.2 Å². The zero-order valence-corrected chi connectivity index (χ0v) is 17.0. The summed E-state index contributed by atoms with van der Waals surface area (Å²) in [6.45, 7) is -0.511. The number of esters is 1. The maximum atomic E-state index is 11.9. The number of amides is 2. The van der Waals surface area contributed by atoms with Gasteiger partial charge in [-0.15, -0.1) is 0 Å². The molecule has 0 aromatic heterocycles. The number of aryl methyl sites for hydroxylation is 1. The van der Waals surface area contributed by atoms with Crippen molar-refractivity contribution in [3.63, 3.8) is 0 Å². The van der Waals surface area contributed by atoms with Gasteiger partial charge < -0.3 is 18.9 Å². The highest BCUT2D eigenvalue weighted by Gasteiger charge is 2.15. The molecule has 9 heteroatoms. The first-order chi connectivity index (χ1) is 14.5. The van der Waals surface area contributed by atoms with Gasteiger partial charge in [0, 0.05) is 12.0 Å². The van der Waals surface area contributed by atoms with Crippen LogP contribution >= 0.6 is 0 Å². The molecule has 0 bridgehead atoms. The third kappa shape index (κ3) is 6.40. The molecular formula is C21H24N2O7. The van der Waals surface area contributed by atoms with Gasteiger partial charge in [0.15, 0.2) is 18.1 Å². The molecule has 0 aliphatic heterocycles. The van der Waals surface area contributed by atoms with E-state index in [4.69, 9.17) is 18.9 Å². The third-order valence-corrected chi connectivity index (χ3v) is 4.06. The molecule has 30 heavy (non-hydrogen) atoms. The minimum Gasteiger partial charge on any atom is -0.493 e. The summed E-state index contributed by atoms with van der Waals surface area (Å²) in [5, 5.41) is 0. The Morgan fingerprint density at radius 3 is 2.07 bits per heavy atom. The molecule has 2 rings (SSSR count). The van der Waals surface area contributed by atoms with Crippen LogP contribution in [-0.2, 0) is 20.7 Å². The summed E-state index contributed by atoms with van der Waals surface area (Å²) in [6.07, 6.45) is 0.393. The van der Waals surface area contributed by atoms with E-state index in [0.717, 1.165) is 5.56 Å². The van der Waals surface area contributed by atoms with Crippen LogP contribution < -0.4 is 25.1 Å². The highest BCUT2D eigenvalue weighted by atomic mass is 16.5. The van der Waals surface area contributed by atoms with Gasteiger partial charge in [0.1, 0.15) is 0 Å². The van der Waals surface area contributed by atoms with Crippen molar-refractivity contribution in [1.82, 2.24) is 10.9 Å². The van der Waals surface area contributed by atoms with E-state index in [9.17, 15) is 14.4 Å². The molecule has 2 N–H and O–H groups in total. The van der Waals surface area contributed by atoms with Crippen LogP contribution in [0.15, 0.2) is 42.5 Å². The molecule has 9 nitrogen and oxygen atoms in total. The van der Waals surface area contributed by atoms with E-state index < -0.39 is 24.4 Å². The van der Waals surface area contributed by atoms with Gasteiger partial charge in [-0.25, -0.2) is 0 Å². The monoisotopic (exact) mass is 416 g/mol. The van der Waals surface area contributed by atoms with Crippen LogP contribution in [0, 0.1) is 0 Å². The lowest BCUT2D eigenvalue weighted by Crippen LogP contribution is -2.43. The van der Waals surface area contributed by atoms with E-state index in [2.05, 4.69) is 10.9 Å². The summed E-state index contributed by atoms with van der Waals surface area (Å²) in [4.78, 5) is 35.5. The largest absolute Gasteiger partial charge is 0.493 e. The molecule has 0 fully saturated rings. The standard InChI is InChI=1S/C21H24N2O7/c1-27-16-11-14(12-17(28-2)20(16)29-3)9-10-19(25)30-13-18(24)22-23-21(26)15-7-5-4-6-8-15/h4-8,11-12H,9-10,13H2,1-3H3,(H,22,24)(H,23,26). The molecule has 0 spiro atoms. The van der Waals surface area contributed by atoms with Gasteiger partial charge in [-0.2, -0.15) is 0 Å². The number of hydrazine groups is 1. The predicted octanol–water partition coefficient (Wildman–Crippen LogP) is 1.65. The Hall–Kier alpha value is -3.75. The molecule has 0 aliphatic rings. The average Bonchev–Trinajstić information content (AvgIpc) is 2.79. The summed E-state index contributed by atoms with van der Waals surface area (Å²) >= 11 is 0. The Bertz CT molecular complexity index is 859. The van der Waals surface area contributed by atoms with Crippen molar-refractivity contribution in [2.45, 2.75) is 12.8 Å². The second kappa shape index (κ2) is 11.3. The maximum absolute atomic E-state index is 11.9. The topological polar surface area (TPSA) is 112 Å². The Kier molecular flexibility index (Phi) is 8.49. The second-order valence-corrected chi connectivity index (χ2v) is 6.06. The molecule has 0 saturated carbocycles. The van der Waals surface area contributed by atoms with Crippen molar-refractivity contribution in [2.75, 3.05) is 27.9 Å². The van der Waals surface area contributed by atoms with Crippen molar-refractivity contribution in [2.24, 2.45) is 0 Å². The minimum atomic E-state index is -0.652. The molecular weight excluding hydrogens is 392 g/mol. The van der Waals surface area contributed by atoms with E-state index in [0.29, 0.717) is 29.2 Å². The quantitative estimate of drug-likeness (QED) is 0.472. The normalized spacial score (nSPS) is 9.97. The lowest BCUT2D eigenvalue weighted by molar-refractivity contribution is -0.148. The van der Waals surface area contributed by atoms with Crippen LogP contribution in [0.4, 0.5) is 0 Å². The molecule has 2 amide bonds. The first-order valence-corrected chi connectivity index (χ1v) is 9.07. The van der Waals surface area contributed by atoms with Gasteiger partial charge in [-0.1, -0.05) is 18.2 Å². The van der Waals surface area contributed by atoms with Crippen molar-refractivity contribution in [1.29, 1.82) is 0 Å². The molecule has 2 aromatic rings. The molecule has 2 aromatic carbocycles. The highest BCUT2D eigenvalue weighted by molar-refractivity contribution is 5.95. The Morgan fingerprint density at radius 2 is 1.50 bits per heavy atom. The molecule has 160 valence electrons. The van der Waals surface area contributed by atoms with Crippen molar-refractivity contribution < 1.29 is 33.3 Å². The number of carbonyl (C=O) groups excluding carboxylic acids is 3. The molecule has 0 atom stereocenters. The molecule has 0 radical (unpaired) electrons. The summed E-state index contributed by atoms with van der Waals surface area (Å²) in [7, 11) is 4.51. The number of nitrogens with one attached hydrogen (secondary N) is 2. The highest BCUT2D eigenvalue weighted by Crippen LogP contribution is 2.38. The lowest BCUT2D eigenvalue weighted by atomic mass is 10.1. The van der Waals surface area contributed by atoms with Gasteiger partial charge >= 0.3 is 5.97 Å². The SMILES string of the molecule is COc1cc(CCC(=O)OCC(=O)NNC(=O)c2ccccc2)cc(OC)c1OC. The van der Waals surface area contributed by atoms with Crippen LogP contribution in [0.2, 0.25) is 0 Å². The van der Waals surface area contributed by atoms with E-state index in [1.807, 2.05) is 0 Å². The first kappa shape index (κ1) is 22.5. The van der Waals surface area contributed by atoms with Gasteiger partial charge in [0.25, 0.3) is 11.8 Å². The summed E-state index contributed by atoms with van der Waals surface area (Å²) < 4.78 is 20.7. The van der Waals surface area contributed by atoms with Gasteiger partial charge in [-0.05, 0) is 36.2 Å². The first-order valence-electron chi connectivity index (χ1n) is 9.07. The predicted molar refractivity (Wildman–Crippen MR) is 107 cm³/mol. The van der Waals surface area contributed by atoms with Crippen molar-refractivity contribution >= 4 is 17.8 Å². The van der Waals surface area contributed by atoms with E-state index in [-0.39, 0.29) is 6.42 Å². The van der Waals surface area contributed by atoms with E-state index in [1.54, 1.807) is 42.5 Å². The van der Waals surface area contributed by atoms with E-state index in [1.165, 1.54) is 21.3 Å². The fourth-order valence-electron chi connectivity index (χ4n) is 2.57. The average molecular weight is 416 g/mol. The molecule has 0 unspecified atom stereocenters. The van der Waals surface area contributed by atoms with Gasteiger partial charge in [0.05, 0.1) is 21.3 Å². The number of carbonyl (C=O) groups is 3. The summed E-state index contributed by atoms with van der Waals surface area (Å²) in [5.41, 5.74) is 5.60. The number of ether oxygens (including phenoxy) is 4. The molecule has 0 saturated heterocycles. The maximum Gasteiger partial charge on any atom is 0.306 e. The van der Waals surface area contributed by atoms with Crippen molar-refractivity contribution in [3.8, 4) is 17.2 Å². The number of methoxy groups -OCH3 is 3. The number of benzene rings is 2. The Morgan fingerprint density at radius 1 is 0.867 bits per heavy atom. The van der Waals surface area contributed by atoms with Gasteiger partial charge in [-0.3, -0.25) is 25.2 Å². The second-order valence-electron chi connectivity index (χ2n) is 6.06. The van der Waals surface area contributed by atoms with Crippen LogP contribution in [0.3, 0.4) is 0 Å². The van der Waals surface area contributed by atoms with Crippen LogP contribution in [-0.4, -0.2) is 45.7 Å². The van der Waals surface area contributed by atoms with E-state index >= 15 is 0 Å². The number of hydrogen-bond donors (Lipinski definition) is 2. The molecule has 0 aliphatic carbocycles. The lowest BCUT2D eigenvalue weighted by Gasteiger charge is -2.14. The smallest absolute Gasteiger partial charge is 0.306 e. The summed E-state index contributed by atoms with van der Waals surface area (Å²) in [5.74, 6) is -0.269. The fraction of sp³-hybridized carbons (Fsp3) is 0.286. The fourth-order valence-corrected chi connectivity index (χ4v) is 2.57.